The van der Waals surface area contributed by atoms with Crippen molar-refractivity contribution in [2.75, 3.05) is 0 Å². The van der Waals surface area contributed by atoms with Crippen LogP contribution in [0.15, 0.2) is 121 Å². The lowest BCUT2D eigenvalue weighted by atomic mass is 9.69. The van der Waals surface area contributed by atoms with Gasteiger partial charge in [-0.15, -0.1) is 0 Å². The fourth-order valence-electron chi connectivity index (χ4n) is 7.82. The molecule has 6 aromatic rings. The Labute approximate surface area is 258 Å². The van der Waals surface area contributed by atoms with E-state index in [4.69, 9.17) is 14.3 Å². The largest absolute Gasteiger partial charge is 0.494 e. The van der Waals surface area contributed by atoms with E-state index >= 15 is 0 Å². The highest BCUT2D eigenvalue weighted by Crippen LogP contribution is 2.65. The molecule has 5 aromatic carbocycles. The van der Waals surface area contributed by atoms with Crippen molar-refractivity contribution in [3.63, 3.8) is 0 Å². The first kappa shape index (κ1) is 25.9. The molecule has 0 radical (unpaired) electrons. The van der Waals surface area contributed by atoms with Crippen LogP contribution in [0.25, 0.3) is 44.4 Å². The van der Waals surface area contributed by atoms with Crippen molar-refractivity contribution in [2.45, 2.75) is 44.3 Å². The first-order valence-corrected chi connectivity index (χ1v) is 15.5. The smallest absolute Gasteiger partial charge is 0.399 e. The van der Waals surface area contributed by atoms with Crippen molar-refractivity contribution in [2.24, 2.45) is 0 Å². The van der Waals surface area contributed by atoms with Crippen molar-refractivity contribution in [3.05, 3.63) is 144 Å². The summed E-state index contributed by atoms with van der Waals surface area (Å²) in [6, 6.07) is 44.1. The number of fused-ring (bicyclic) bond motifs is 12. The zero-order valence-corrected chi connectivity index (χ0v) is 25.4. The molecule has 44 heavy (non-hydrogen) atoms. The topological polar surface area (TPSA) is 31.4 Å². The van der Waals surface area contributed by atoms with Crippen molar-refractivity contribution in [1.29, 1.82) is 0 Å². The molecule has 1 fully saturated rings. The third-order valence-corrected chi connectivity index (χ3v) is 10.5. The van der Waals surface area contributed by atoms with Crippen LogP contribution in [0.3, 0.4) is 0 Å². The van der Waals surface area contributed by atoms with Crippen molar-refractivity contribution in [1.82, 2.24) is 4.98 Å². The van der Waals surface area contributed by atoms with Gasteiger partial charge in [0.25, 0.3) is 0 Å². The molecule has 4 heteroatoms. The first-order valence-electron chi connectivity index (χ1n) is 15.5. The number of hydrogen-bond donors (Lipinski definition) is 0. The molecule has 9 rings (SSSR count). The quantitative estimate of drug-likeness (QED) is 0.196. The molecule has 0 unspecified atom stereocenters. The Bertz CT molecular complexity index is 2090. The van der Waals surface area contributed by atoms with E-state index < -0.39 is 23.7 Å². The lowest BCUT2D eigenvalue weighted by Crippen LogP contribution is -2.41. The number of hydrogen-bond acceptors (Lipinski definition) is 3. The van der Waals surface area contributed by atoms with Crippen LogP contribution in [-0.2, 0) is 14.7 Å². The average Bonchev–Trinajstić information content (AvgIpc) is 3.60. The summed E-state index contributed by atoms with van der Waals surface area (Å²) in [4.78, 5) is 5.43. The van der Waals surface area contributed by atoms with Gasteiger partial charge in [0.2, 0.25) is 0 Å². The van der Waals surface area contributed by atoms with Gasteiger partial charge in [0.1, 0.15) is 0 Å². The molecule has 1 aliphatic heterocycles. The van der Waals surface area contributed by atoms with Crippen LogP contribution in [0.4, 0.5) is 0 Å². The molecule has 0 atom stereocenters. The Kier molecular flexibility index (Phi) is 5.18. The molecule has 1 aromatic heterocycles. The summed E-state index contributed by atoms with van der Waals surface area (Å²) in [6.07, 6.45) is 0. The monoisotopic (exact) mass is 569 g/mol. The predicted octanol–water partition coefficient (Wildman–Crippen LogP) is 8.54. The van der Waals surface area contributed by atoms with E-state index in [0.29, 0.717) is 0 Å². The molecule has 1 spiro atoms. The van der Waals surface area contributed by atoms with Gasteiger partial charge in [0.15, 0.2) is 0 Å². The number of aromatic nitrogens is 1. The minimum absolute atomic E-state index is 0.426. The van der Waals surface area contributed by atoms with E-state index in [1.165, 1.54) is 44.5 Å². The van der Waals surface area contributed by atoms with Crippen LogP contribution in [0.5, 0.6) is 0 Å². The molecule has 3 nitrogen and oxygen atoms in total. The van der Waals surface area contributed by atoms with Gasteiger partial charge in [-0.1, -0.05) is 115 Å². The summed E-state index contributed by atoms with van der Waals surface area (Å²) in [5.41, 5.74) is 13.0. The van der Waals surface area contributed by atoms with E-state index in [1.807, 2.05) is 0 Å². The highest BCUT2D eigenvalue weighted by Gasteiger charge is 2.54. The molecular weight excluding hydrogens is 537 g/mol. The second-order valence-corrected chi connectivity index (χ2v) is 13.3. The summed E-state index contributed by atoms with van der Waals surface area (Å²) in [7, 11) is -0.461. The van der Waals surface area contributed by atoms with Gasteiger partial charge in [-0.25, -0.2) is 4.98 Å². The number of rotatable bonds is 2. The second-order valence-electron chi connectivity index (χ2n) is 13.3. The summed E-state index contributed by atoms with van der Waals surface area (Å²) in [5.74, 6) is 0. The maximum atomic E-state index is 6.56. The first-order chi connectivity index (χ1) is 21.3. The van der Waals surface area contributed by atoms with Gasteiger partial charge in [0.05, 0.1) is 27.8 Å². The van der Waals surface area contributed by atoms with Crippen LogP contribution >= 0.6 is 0 Å². The molecule has 2 aliphatic carbocycles. The summed E-state index contributed by atoms with van der Waals surface area (Å²) < 4.78 is 13.1. The minimum atomic E-state index is -0.488. The predicted molar refractivity (Wildman–Crippen MR) is 179 cm³/mol. The molecule has 2 heterocycles. The third-order valence-electron chi connectivity index (χ3n) is 10.5. The molecule has 0 amide bonds. The van der Waals surface area contributed by atoms with Crippen molar-refractivity contribution in [3.8, 4) is 33.5 Å². The minimum Gasteiger partial charge on any atom is -0.399 e. The molecule has 3 aliphatic rings. The van der Waals surface area contributed by atoms with Crippen LogP contribution in [0.2, 0.25) is 0 Å². The van der Waals surface area contributed by atoms with Crippen molar-refractivity contribution < 1.29 is 9.31 Å². The van der Waals surface area contributed by atoms with Gasteiger partial charge >= 0.3 is 7.12 Å². The summed E-state index contributed by atoms with van der Waals surface area (Å²) in [6.45, 7) is 8.43. The van der Waals surface area contributed by atoms with E-state index in [2.05, 4.69) is 149 Å². The highest BCUT2D eigenvalue weighted by molar-refractivity contribution is 6.62. The standard InChI is InChI=1S/C40H32BNO2/c1-38(2)39(3,4)44-41(43-38)26-22-23-34-30(24-26)36-35(37(42-34)25-14-6-5-7-15-25)29-18-10-13-21-33(29)40(36)31-19-11-8-16-27(31)28-17-9-12-20-32(28)40/h5-24H,1-4H3. The highest BCUT2D eigenvalue weighted by atomic mass is 16.7. The Hall–Kier alpha value is -4.51. The lowest BCUT2D eigenvalue weighted by Gasteiger charge is -2.32. The Balaban J connectivity index is 1.44. The fraction of sp³-hybridized carbons (Fsp3) is 0.175. The Morgan fingerprint density at radius 1 is 0.568 bits per heavy atom. The van der Waals surface area contributed by atoms with Gasteiger partial charge < -0.3 is 9.31 Å². The summed E-state index contributed by atoms with van der Waals surface area (Å²) in [5, 5.41) is 1.13. The van der Waals surface area contributed by atoms with Gasteiger partial charge in [-0.3, -0.25) is 0 Å². The molecule has 0 bridgehead atoms. The Morgan fingerprint density at radius 2 is 1.09 bits per heavy atom. The zero-order valence-electron chi connectivity index (χ0n) is 25.4. The molecule has 1 saturated heterocycles. The fourth-order valence-corrected chi connectivity index (χ4v) is 7.82. The number of nitrogens with zero attached hydrogens (tertiary/aromatic N) is 1. The van der Waals surface area contributed by atoms with E-state index in [-0.39, 0.29) is 0 Å². The molecule has 0 N–H and O–H groups in total. The average molecular weight is 570 g/mol. The SMILES string of the molecule is CC1(C)OB(c2ccc3nc(-c4ccccc4)c4c(c3c2)C2(c3ccccc3-c3ccccc32)c2ccccc2-4)OC1(C)C. The molecular formula is C40H32BNO2. The van der Waals surface area contributed by atoms with Crippen molar-refractivity contribution >= 4 is 23.5 Å². The maximum absolute atomic E-state index is 6.56. The third kappa shape index (κ3) is 3.22. The van der Waals surface area contributed by atoms with E-state index in [0.717, 1.165) is 27.6 Å². The van der Waals surface area contributed by atoms with Crippen LogP contribution < -0.4 is 5.46 Å². The van der Waals surface area contributed by atoms with E-state index in [9.17, 15) is 0 Å². The van der Waals surface area contributed by atoms with Gasteiger partial charge in [0, 0.05) is 16.5 Å². The number of benzene rings is 5. The number of pyridine rings is 1. The molecule has 0 saturated carbocycles. The lowest BCUT2D eigenvalue weighted by molar-refractivity contribution is 0.00578. The normalized spacial score (nSPS) is 17.9. The second kappa shape index (κ2) is 8.78. The molecule has 212 valence electrons. The Morgan fingerprint density at radius 3 is 1.70 bits per heavy atom. The van der Waals surface area contributed by atoms with Crippen LogP contribution in [0, 0.1) is 0 Å². The van der Waals surface area contributed by atoms with Gasteiger partial charge in [-0.2, -0.15) is 0 Å². The summed E-state index contributed by atoms with van der Waals surface area (Å²) >= 11 is 0. The van der Waals surface area contributed by atoms with E-state index in [1.54, 1.807) is 0 Å². The van der Waals surface area contributed by atoms with Crippen LogP contribution in [-0.4, -0.2) is 23.3 Å². The van der Waals surface area contributed by atoms with Crippen LogP contribution in [0.1, 0.15) is 49.9 Å². The van der Waals surface area contributed by atoms with Gasteiger partial charge in [-0.05, 0) is 78.2 Å². The zero-order chi connectivity index (χ0) is 29.8. The maximum Gasteiger partial charge on any atom is 0.494 e.